The summed E-state index contributed by atoms with van der Waals surface area (Å²) in [6.07, 6.45) is 14.3. The molecule has 0 aromatic rings. The number of carbonyl (C=O) groups excluding carboxylic acids is 2. The van der Waals surface area contributed by atoms with Gasteiger partial charge in [-0.05, 0) is 103 Å². The molecule has 4 rings (SSSR count). The van der Waals surface area contributed by atoms with E-state index in [1.165, 1.54) is 7.11 Å². The zero-order valence-electron chi connectivity index (χ0n) is 30.7. The maximum Gasteiger partial charge on any atom is 0.410 e. The summed E-state index contributed by atoms with van der Waals surface area (Å²) in [4.78, 5) is 31.1. The Bertz CT molecular complexity index is 1250. The van der Waals surface area contributed by atoms with Crippen LogP contribution in [0.1, 0.15) is 106 Å². The van der Waals surface area contributed by atoms with Gasteiger partial charge in [0, 0.05) is 55.5 Å². The average molecular weight is 671 g/mol. The molecule has 3 heterocycles. The quantitative estimate of drug-likeness (QED) is 0.0958. The van der Waals surface area contributed by atoms with E-state index in [4.69, 9.17) is 13.9 Å². The lowest BCUT2D eigenvalue weighted by molar-refractivity contribution is -0.142. The summed E-state index contributed by atoms with van der Waals surface area (Å²) in [5.74, 6) is 6.16. The molecule has 2 saturated heterocycles. The lowest BCUT2D eigenvalue weighted by atomic mass is 9.55. The predicted octanol–water partition coefficient (Wildman–Crippen LogP) is 7.23. The zero-order chi connectivity index (χ0) is 34.7. The van der Waals surface area contributed by atoms with Crippen LogP contribution in [0.3, 0.4) is 0 Å². The van der Waals surface area contributed by atoms with E-state index >= 15 is 0 Å². The lowest BCUT2D eigenvalue weighted by Crippen LogP contribution is -2.66. The molecule has 47 heavy (non-hydrogen) atoms. The molecule has 0 aromatic carbocycles. The SMILES string of the molecule is COC(=O)C1=C[C@@](O)(CCC#CCCCCO[Si](C)(C)C(C)(C)C)[C@@H]2N3CCCC/C=C\[C@H]3C[C@@]23CN(C(=O)OC(C)(C)C)CC[C@@H]13. The van der Waals surface area contributed by atoms with Crippen LogP contribution in [0.25, 0.3) is 0 Å². The minimum atomic E-state index is -1.73. The van der Waals surface area contributed by atoms with Crippen LogP contribution < -0.4 is 0 Å². The molecular weight excluding hydrogens is 609 g/mol. The van der Waals surface area contributed by atoms with Crippen LogP contribution >= 0.6 is 0 Å². The number of esters is 1. The average Bonchev–Trinajstić information content (AvgIpc) is 3.26. The number of unbranched alkanes of at least 4 members (excludes halogenated alkanes) is 2. The first-order valence-corrected chi connectivity index (χ1v) is 20.9. The van der Waals surface area contributed by atoms with Crippen molar-refractivity contribution >= 4 is 20.4 Å². The molecule has 1 aliphatic carbocycles. The van der Waals surface area contributed by atoms with Gasteiger partial charge in [0.2, 0.25) is 0 Å². The van der Waals surface area contributed by atoms with Crippen molar-refractivity contribution in [1.82, 2.24) is 9.80 Å². The van der Waals surface area contributed by atoms with Crippen molar-refractivity contribution in [3.8, 4) is 11.8 Å². The number of methoxy groups -OCH3 is 1. The van der Waals surface area contributed by atoms with Gasteiger partial charge >= 0.3 is 12.1 Å². The number of hydrogen-bond donors (Lipinski definition) is 1. The molecule has 5 atom stereocenters. The van der Waals surface area contributed by atoms with Crippen LogP contribution in [0.2, 0.25) is 18.1 Å². The van der Waals surface area contributed by atoms with Crippen molar-refractivity contribution in [2.75, 3.05) is 33.4 Å². The summed E-state index contributed by atoms with van der Waals surface area (Å²) in [6.45, 7) is 19.6. The van der Waals surface area contributed by atoms with Gasteiger partial charge in [-0.1, -0.05) is 32.9 Å². The first-order chi connectivity index (χ1) is 21.9. The minimum absolute atomic E-state index is 0.123. The summed E-state index contributed by atoms with van der Waals surface area (Å²) in [5, 5.41) is 13.0. The second-order valence-electron chi connectivity index (χ2n) is 16.8. The summed E-state index contributed by atoms with van der Waals surface area (Å²) >= 11 is 0. The number of hydrogen-bond acceptors (Lipinski definition) is 7. The Morgan fingerprint density at radius 3 is 2.47 bits per heavy atom. The van der Waals surface area contributed by atoms with Crippen molar-refractivity contribution in [2.45, 2.75) is 147 Å². The molecular formula is C38H62N2O6Si. The summed E-state index contributed by atoms with van der Waals surface area (Å²) in [5.41, 5.74) is -1.90. The second-order valence-corrected chi connectivity index (χ2v) is 21.6. The fourth-order valence-electron chi connectivity index (χ4n) is 8.03. The Balaban J connectivity index is 1.56. The van der Waals surface area contributed by atoms with Crippen molar-refractivity contribution < 1.29 is 28.6 Å². The normalized spacial score (nSPS) is 30.4. The van der Waals surface area contributed by atoms with Crippen molar-refractivity contribution in [2.24, 2.45) is 11.3 Å². The van der Waals surface area contributed by atoms with E-state index in [9.17, 15) is 14.7 Å². The number of nitrogens with zero attached hydrogens (tertiary/aromatic N) is 2. The van der Waals surface area contributed by atoms with E-state index in [0.717, 1.165) is 58.1 Å². The molecule has 9 heteroatoms. The molecule has 264 valence electrons. The van der Waals surface area contributed by atoms with Crippen LogP contribution in [-0.4, -0.2) is 91.9 Å². The standard InChI is InChI=1S/C38H62N2O6Si/c1-35(2,3)46-34(42)39-24-21-31-30(32(41)44-7)27-38(43,22-17-13-10-11-15-19-25-45-47(8,9)36(4,5)6)33-37(31,28-39)26-29-20-16-12-14-18-23-40(29)33/h16,20,27,29,31,33,43H,11-12,14-15,17-19,21-26,28H2,1-9H3/b20-16-/t29-,31-,33+,37-,38-/m0/s1. The number of likely N-dealkylation sites (tertiary alicyclic amines) is 1. The molecule has 1 spiro atoms. The van der Waals surface area contributed by atoms with E-state index in [-0.39, 0.29) is 29.1 Å². The molecule has 0 aromatic heterocycles. The summed E-state index contributed by atoms with van der Waals surface area (Å²) in [6, 6.07) is -0.140. The highest BCUT2D eigenvalue weighted by molar-refractivity contribution is 6.74. The Morgan fingerprint density at radius 2 is 1.79 bits per heavy atom. The van der Waals surface area contributed by atoms with E-state index in [1.807, 2.05) is 31.7 Å². The minimum Gasteiger partial charge on any atom is -0.466 e. The van der Waals surface area contributed by atoms with Crippen molar-refractivity contribution in [1.29, 1.82) is 0 Å². The number of carbonyl (C=O) groups is 2. The van der Waals surface area contributed by atoms with Crippen LogP contribution in [0.4, 0.5) is 4.79 Å². The monoisotopic (exact) mass is 670 g/mol. The van der Waals surface area contributed by atoms with Crippen LogP contribution in [0, 0.1) is 23.2 Å². The second kappa shape index (κ2) is 14.8. The topological polar surface area (TPSA) is 88.5 Å². The molecule has 8 nitrogen and oxygen atoms in total. The highest BCUT2D eigenvalue weighted by atomic mass is 28.4. The lowest BCUT2D eigenvalue weighted by Gasteiger charge is -2.57. The Morgan fingerprint density at radius 1 is 1.06 bits per heavy atom. The molecule has 0 unspecified atom stereocenters. The van der Waals surface area contributed by atoms with Gasteiger partial charge in [-0.2, -0.15) is 0 Å². The Labute approximate surface area is 285 Å². The fraction of sp³-hybridized carbons (Fsp3) is 0.789. The van der Waals surface area contributed by atoms with Crippen LogP contribution in [0.15, 0.2) is 23.8 Å². The van der Waals surface area contributed by atoms with E-state index in [0.29, 0.717) is 37.9 Å². The number of amides is 1. The Hall–Kier alpha value is -2.12. The molecule has 0 bridgehead atoms. The van der Waals surface area contributed by atoms with Crippen molar-refractivity contribution in [3.05, 3.63) is 23.8 Å². The first kappa shape index (κ1) is 37.7. The van der Waals surface area contributed by atoms with Gasteiger partial charge in [0.1, 0.15) is 11.2 Å². The third-order valence-electron chi connectivity index (χ3n) is 11.2. The van der Waals surface area contributed by atoms with Gasteiger partial charge in [-0.25, -0.2) is 9.59 Å². The summed E-state index contributed by atoms with van der Waals surface area (Å²) < 4.78 is 17.5. The van der Waals surface area contributed by atoms with E-state index in [2.05, 4.69) is 62.8 Å². The molecule has 1 amide bonds. The first-order valence-electron chi connectivity index (χ1n) is 18.0. The Kier molecular flexibility index (Phi) is 11.9. The van der Waals surface area contributed by atoms with Crippen molar-refractivity contribution in [3.63, 3.8) is 0 Å². The molecule has 0 radical (unpaired) electrons. The number of fused-ring (bicyclic) bond motifs is 2. The number of rotatable bonds is 8. The predicted molar refractivity (Wildman–Crippen MR) is 189 cm³/mol. The highest BCUT2D eigenvalue weighted by Gasteiger charge is 2.66. The number of allylic oxidation sites excluding steroid dienone is 1. The molecule has 4 aliphatic rings. The number of ether oxygens (including phenoxy) is 2. The largest absolute Gasteiger partial charge is 0.466 e. The smallest absolute Gasteiger partial charge is 0.410 e. The third kappa shape index (κ3) is 8.55. The van der Waals surface area contributed by atoms with Gasteiger partial charge in [0.15, 0.2) is 8.32 Å². The molecule has 2 fully saturated rings. The van der Waals surface area contributed by atoms with Gasteiger partial charge in [-0.3, -0.25) is 4.90 Å². The van der Waals surface area contributed by atoms with Gasteiger partial charge in [-0.15, -0.1) is 11.8 Å². The molecule has 1 N–H and O–H groups in total. The molecule has 0 saturated carbocycles. The maximum absolute atomic E-state index is 13.4. The number of aliphatic hydroxyl groups is 1. The van der Waals surface area contributed by atoms with Gasteiger partial charge in [0.05, 0.1) is 13.2 Å². The number of piperidine rings is 1. The van der Waals surface area contributed by atoms with Crippen LogP contribution in [-0.2, 0) is 18.7 Å². The highest BCUT2D eigenvalue weighted by Crippen LogP contribution is 2.60. The molecule has 3 aliphatic heterocycles. The van der Waals surface area contributed by atoms with E-state index < -0.39 is 30.9 Å². The maximum atomic E-state index is 13.4. The van der Waals surface area contributed by atoms with Gasteiger partial charge < -0.3 is 23.9 Å². The fourth-order valence-corrected chi connectivity index (χ4v) is 9.12. The van der Waals surface area contributed by atoms with Crippen LogP contribution in [0.5, 0.6) is 0 Å². The van der Waals surface area contributed by atoms with E-state index in [1.54, 1.807) is 0 Å². The third-order valence-corrected chi connectivity index (χ3v) is 15.8. The van der Waals surface area contributed by atoms with Gasteiger partial charge in [0.25, 0.3) is 0 Å². The summed E-state index contributed by atoms with van der Waals surface area (Å²) in [7, 11) is -0.322. The zero-order valence-corrected chi connectivity index (χ0v) is 31.7.